The van der Waals surface area contributed by atoms with Gasteiger partial charge < -0.3 is 0 Å². The second-order valence-corrected chi connectivity index (χ2v) is 8.79. The number of benzene rings is 2. The Hall–Kier alpha value is -2.26. The van der Waals surface area contributed by atoms with Crippen LogP contribution in [-0.4, -0.2) is 35.7 Å². The summed E-state index contributed by atoms with van der Waals surface area (Å²) in [6.45, 7) is 7.35. The van der Waals surface area contributed by atoms with Gasteiger partial charge >= 0.3 is 182 Å². The van der Waals surface area contributed by atoms with E-state index in [0.717, 1.165) is 28.7 Å². The van der Waals surface area contributed by atoms with Crippen molar-refractivity contribution < 1.29 is 9.47 Å². The molecule has 0 radical (unpaired) electrons. The molecule has 0 aliphatic heterocycles. The summed E-state index contributed by atoms with van der Waals surface area (Å²) in [7, 11) is 3.61. The first-order valence-corrected chi connectivity index (χ1v) is 12.1. The third-order valence-electron chi connectivity index (χ3n) is 4.35. The third-order valence-corrected chi connectivity index (χ3v) is 6.60. The van der Waals surface area contributed by atoms with E-state index >= 15 is 0 Å². The van der Waals surface area contributed by atoms with Crippen molar-refractivity contribution in [2.75, 3.05) is 20.7 Å². The number of likely N-dealkylation sites (N-methyl/N-ethyl adjacent to an activating group) is 1. The van der Waals surface area contributed by atoms with Crippen LogP contribution in [0.2, 0.25) is 5.32 Å². The first-order chi connectivity index (χ1) is 14.1. The number of rotatable bonds is 12. The van der Waals surface area contributed by atoms with Crippen LogP contribution in [0.3, 0.4) is 0 Å². The fraction of sp³-hybridized carbons (Fsp3) is 0.280. The van der Waals surface area contributed by atoms with Crippen molar-refractivity contribution in [1.82, 2.24) is 5.32 Å². The van der Waals surface area contributed by atoms with E-state index in [9.17, 15) is 0 Å². The van der Waals surface area contributed by atoms with Gasteiger partial charge in [-0.1, -0.05) is 0 Å². The summed E-state index contributed by atoms with van der Waals surface area (Å²) in [4.78, 5) is 0. The molecule has 0 bridgehead atoms. The van der Waals surface area contributed by atoms with Gasteiger partial charge in [-0.3, -0.25) is 0 Å². The van der Waals surface area contributed by atoms with Crippen molar-refractivity contribution in [1.29, 1.82) is 0 Å². The fourth-order valence-corrected chi connectivity index (χ4v) is 4.62. The standard InChI is InChI=1S/C25H31NO2Se/c1-5-21(10-15-25(27-4)16-26-3)18-29-19-23-11-13-24(14-12-23)28-17-22-8-6-20(2)7-9-22/h5-15,26H,1,16-19H2,2-4H3/b21-10+,25-15+. The van der Waals surface area contributed by atoms with Crippen molar-refractivity contribution in [3.8, 4) is 5.75 Å². The van der Waals surface area contributed by atoms with Gasteiger partial charge in [0.25, 0.3) is 0 Å². The van der Waals surface area contributed by atoms with Gasteiger partial charge in [0, 0.05) is 0 Å². The Bertz CT molecular complexity index is 808. The molecule has 0 saturated heterocycles. The molecular weight excluding hydrogens is 425 g/mol. The average Bonchev–Trinajstić information content (AvgIpc) is 2.75. The van der Waals surface area contributed by atoms with Crippen LogP contribution in [0, 0.1) is 6.92 Å². The SMILES string of the molecule is C=C/C(=C\C=C(/CNC)OC)C[Se]Cc1ccc(OCc2ccc(C)cc2)cc1. The van der Waals surface area contributed by atoms with Gasteiger partial charge in [0.05, 0.1) is 0 Å². The number of methoxy groups -OCH3 is 1. The maximum absolute atomic E-state index is 5.89. The molecule has 0 amide bonds. The minimum absolute atomic E-state index is 0.481. The Morgan fingerprint density at radius 3 is 2.34 bits per heavy atom. The van der Waals surface area contributed by atoms with E-state index in [1.165, 1.54) is 22.3 Å². The number of ether oxygens (including phenoxy) is 2. The molecule has 4 heteroatoms. The van der Waals surface area contributed by atoms with Gasteiger partial charge in [-0.2, -0.15) is 0 Å². The van der Waals surface area contributed by atoms with Crippen molar-refractivity contribution in [2.45, 2.75) is 24.2 Å². The first-order valence-electron chi connectivity index (χ1n) is 9.70. The molecular formula is C25H31NO2Se. The van der Waals surface area contributed by atoms with Gasteiger partial charge in [-0.05, 0) is 0 Å². The van der Waals surface area contributed by atoms with E-state index in [4.69, 9.17) is 9.47 Å². The molecule has 2 aromatic rings. The molecule has 0 saturated carbocycles. The number of hydrogen-bond donors (Lipinski definition) is 1. The van der Waals surface area contributed by atoms with E-state index in [2.05, 4.69) is 73.4 Å². The molecule has 154 valence electrons. The maximum atomic E-state index is 5.89. The Morgan fingerprint density at radius 2 is 1.72 bits per heavy atom. The third kappa shape index (κ3) is 8.74. The predicted octanol–water partition coefficient (Wildman–Crippen LogP) is 5.06. The molecule has 2 aromatic carbocycles. The van der Waals surface area contributed by atoms with Crippen molar-refractivity contribution in [3.63, 3.8) is 0 Å². The average molecular weight is 456 g/mol. The molecule has 29 heavy (non-hydrogen) atoms. The van der Waals surface area contributed by atoms with Crippen LogP contribution in [-0.2, 0) is 16.7 Å². The zero-order valence-corrected chi connectivity index (χ0v) is 19.3. The summed E-state index contributed by atoms with van der Waals surface area (Å²) in [5.41, 5.74) is 5.04. The predicted molar refractivity (Wildman–Crippen MR) is 124 cm³/mol. The topological polar surface area (TPSA) is 30.5 Å². The van der Waals surface area contributed by atoms with Crippen LogP contribution >= 0.6 is 0 Å². The quantitative estimate of drug-likeness (QED) is 0.275. The van der Waals surface area contributed by atoms with Crippen LogP contribution in [0.4, 0.5) is 0 Å². The number of allylic oxidation sites excluding steroid dienone is 4. The van der Waals surface area contributed by atoms with Gasteiger partial charge in [0.1, 0.15) is 0 Å². The van der Waals surface area contributed by atoms with Crippen LogP contribution in [0.15, 0.2) is 84.7 Å². The number of nitrogens with one attached hydrogen (secondary N) is 1. The number of aryl methyl sites for hydroxylation is 1. The summed E-state index contributed by atoms with van der Waals surface area (Å²) in [5.74, 6) is 1.83. The van der Waals surface area contributed by atoms with Crippen molar-refractivity contribution in [2.24, 2.45) is 0 Å². The fourth-order valence-electron chi connectivity index (χ4n) is 2.57. The van der Waals surface area contributed by atoms with E-state index in [1.807, 2.05) is 19.2 Å². The molecule has 0 aliphatic carbocycles. The molecule has 1 N–H and O–H groups in total. The summed E-state index contributed by atoms with van der Waals surface area (Å²) in [5, 5.41) is 5.24. The van der Waals surface area contributed by atoms with Crippen molar-refractivity contribution >= 4 is 15.0 Å². The van der Waals surface area contributed by atoms with E-state index in [-0.39, 0.29) is 0 Å². The van der Waals surface area contributed by atoms with Crippen LogP contribution in [0.5, 0.6) is 5.75 Å². The summed E-state index contributed by atoms with van der Waals surface area (Å²) in [6, 6.07) is 16.9. The molecule has 0 aromatic heterocycles. The molecule has 3 nitrogen and oxygen atoms in total. The minimum atomic E-state index is 0.481. The first kappa shape index (κ1) is 23.0. The molecule has 0 heterocycles. The Morgan fingerprint density at radius 1 is 1.03 bits per heavy atom. The second-order valence-electron chi connectivity index (χ2n) is 6.72. The normalized spacial score (nSPS) is 12.0. The monoisotopic (exact) mass is 457 g/mol. The van der Waals surface area contributed by atoms with Gasteiger partial charge in [0.2, 0.25) is 0 Å². The second kappa shape index (κ2) is 13.1. The van der Waals surface area contributed by atoms with E-state index < -0.39 is 0 Å². The van der Waals surface area contributed by atoms with Crippen LogP contribution in [0.25, 0.3) is 0 Å². The van der Waals surface area contributed by atoms with Crippen LogP contribution < -0.4 is 10.1 Å². The molecule has 0 fully saturated rings. The molecule has 0 aliphatic rings. The van der Waals surface area contributed by atoms with Crippen molar-refractivity contribution in [3.05, 3.63) is 101 Å². The molecule has 0 atom stereocenters. The van der Waals surface area contributed by atoms with E-state index in [1.54, 1.807) is 7.11 Å². The Balaban J connectivity index is 1.80. The molecule has 0 unspecified atom stereocenters. The summed E-state index contributed by atoms with van der Waals surface area (Å²) in [6.07, 6.45) is 6.06. The van der Waals surface area contributed by atoms with Crippen LogP contribution in [0.1, 0.15) is 16.7 Å². The van der Waals surface area contributed by atoms with Gasteiger partial charge in [-0.15, -0.1) is 0 Å². The Kier molecular flexibility index (Phi) is 10.4. The molecule has 0 spiro atoms. The van der Waals surface area contributed by atoms with Gasteiger partial charge in [-0.25, -0.2) is 0 Å². The molecule has 2 rings (SSSR count). The zero-order valence-electron chi connectivity index (χ0n) is 17.6. The van der Waals surface area contributed by atoms with E-state index in [0.29, 0.717) is 21.6 Å². The zero-order chi connectivity index (χ0) is 20.9. The Labute approximate surface area is 181 Å². The summed E-state index contributed by atoms with van der Waals surface area (Å²) >= 11 is 0.481. The summed E-state index contributed by atoms with van der Waals surface area (Å²) < 4.78 is 11.2. The number of hydrogen-bond acceptors (Lipinski definition) is 3. The van der Waals surface area contributed by atoms with Gasteiger partial charge in [0.15, 0.2) is 0 Å².